The smallest absolute Gasteiger partial charge is 0.323 e. The van der Waals surface area contributed by atoms with E-state index in [0.717, 1.165) is 25.1 Å². The predicted octanol–water partition coefficient (Wildman–Crippen LogP) is 1.26. The molecule has 2 saturated heterocycles. The first-order valence-corrected chi connectivity index (χ1v) is 6.99. The third kappa shape index (κ3) is 2.67. The van der Waals surface area contributed by atoms with Gasteiger partial charge < -0.3 is 10.1 Å². The van der Waals surface area contributed by atoms with E-state index in [1.807, 2.05) is 35.2 Å². The van der Waals surface area contributed by atoms with E-state index in [-0.39, 0.29) is 24.5 Å². The average molecular weight is 274 g/mol. The fourth-order valence-corrected chi connectivity index (χ4v) is 3.05. The van der Waals surface area contributed by atoms with Crippen LogP contribution in [-0.4, -0.2) is 42.5 Å². The molecule has 1 aromatic rings. The molecular weight excluding hydrogens is 256 g/mol. The fourth-order valence-electron chi connectivity index (χ4n) is 3.05. The number of benzene rings is 1. The van der Waals surface area contributed by atoms with Gasteiger partial charge in [0.2, 0.25) is 5.91 Å². The van der Waals surface area contributed by atoms with Crippen molar-refractivity contribution in [3.8, 4) is 0 Å². The van der Waals surface area contributed by atoms with Crippen molar-refractivity contribution >= 4 is 17.6 Å². The lowest BCUT2D eigenvalue weighted by Gasteiger charge is -2.29. The zero-order chi connectivity index (χ0) is 13.9. The Morgan fingerprint density at radius 2 is 2.10 bits per heavy atom. The highest BCUT2D eigenvalue weighted by Gasteiger charge is 2.43. The largest absolute Gasteiger partial charge is 0.465 e. The number of nitrogens with one attached hydrogen (secondary N) is 1. The van der Waals surface area contributed by atoms with Crippen molar-refractivity contribution in [3.63, 3.8) is 0 Å². The summed E-state index contributed by atoms with van der Waals surface area (Å²) in [4.78, 5) is 25.8. The molecule has 20 heavy (non-hydrogen) atoms. The maximum atomic E-state index is 12.0. The van der Waals surface area contributed by atoms with Crippen LogP contribution in [0.15, 0.2) is 30.3 Å². The van der Waals surface area contributed by atoms with Crippen LogP contribution >= 0.6 is 0 Å². The molecule has 0 unspecified atom stereocenters. The number of amides is 1. The fraction of sp³-hybridized carbons (Fsp3) is 0.467. The standard InChI is InChI=1S/C15H18N2O3/c18-13(16-12-4-2-1-3-5-12)10-17-8-6-11-7-9-20-15(19)14(11)17/h1-5,11,14H,6-10H2,(H,16,18)/t11-,14-/m1/s1. The van der Waals surface area contributed by atoms with E-state index >= 15 is 0 Å². The molecule has 3 rings (SSSR count). The van der Waals surface area contributed by atoms with Crippen molar-refractivity contribution in [2.24, 2.45) is 5.92 Å². The number of carbonyl (C=O) groups is 2. The minimum absolute atomic E-state index is 0.0878. The number of fused-ring (bicyclic) bond motifs is 1. The number of anilines is 1. The molecule has 0 aromatic heterocycles. The van der Waals surface area contributed by atoms with Crippen molar-refractivity contribution in [2.75, 3.05) is 25.0 Å². The summed E-state index contributed by atoms with van der Waals surface area (Å²) in [7, 11) is 0. The van der Waals surface area contributed by atoms with E-state index in [9.17, 15) is 9.59 Å². The number of hydrogen-bond acceptors (Lipinski definition) is 4. The van der Waals surface area contributed by atoms with Gasteiger partial charge in [0.1, 0.15) is 6.04 Å². The number of rotatable bonds is 3. The third-order valence-corrected chi connectivity index (χ3v) is 4.01. The Bertz CT molecular complexity index is 503. The van der Waals surface area contributed by atoms with Crippen LogP contribution in [0.2, 0.25) is 0 Å². The summed E-state index contributed by atoms with van der Waals surface area (Å²) in [6.07, 6.45) is 1.88. The van der Waals surface area contributed by atoms with Gasteiger partial charge in [-0.1, -0.05) is 18.2 Å². The summed E-state index contributed by atoms with van der Waals surface area (Å²) in [5.74, 6) is 0.0854. The first-order chi connectivity index (χ1) is 9.74. The van der Waals surface area contributed by atoms with Gasteiger partial charge in [0.05, 0.1) is 13.2 Å². The number of ether oxygens (including phenoxy) is 1. The minimum Gasteiger partial charge on any atom is -0.465 e. The third-order valence-electron chi connectivity index (χ3n) is 4.01. The van der Waals surface area contributed by atoms with Crippen LogP contribution in [0.25, 0.3) is 0 Å². The van der Waals surface area contributed by atoms with Crippen molar-refractivity contribution in [2.45, 2.75) is 18.9 Å². The maximum absolute atomic E-state index is 12.0. The van der Waals surface area contributed by atoms with Crippen LogP contribution < -0.4 is 5.32 Å². The molecule has 2 atom stereocenters. The maximum Gasteiger partial charge on any atom is 0.323 e. The Morgan fingerprint density at radius 1 is 1.30 bits per heavy atom. The average Bonchev–Trinajstić information content (AvgIpc) is 2.84. The van der Waals surface area contributed by atoms with Gasteiger partial charge in [-0.2, -0.15) is 0 Å². The lowest BCUT2D eigenvalue weighted by Crippen LogP contribution is -2.46. The van der Waals surface area contributed by atoms with E-state index in [0.29, 0.717) is 12.5 Å². The van der Waals surface area contributed by atoms with Gasteiger partial charge in [0.25, 0.3) is 0 Å². The molecule has 2 heterocycles. The van der Waals surface area contributed by atoms with Crippen molar-refractivity contribution in [1.29, 1.82) is 0 Å². The summed E-state index contributed by atoms with van der Waals surface area (Å²) < 4.78 is 5.11. The molecule has 5 heteroatoms. The van der Waals surface area contributed by atoms with Crippen LogP contribution in [0, 0.1) is 5.92 Å². The molecule has 0 bridgehead atoms. The molecule has 5 nitrogen and oxygen atoms in total. The molecule has 0 spiro atoms. The molecule has 0 radical (unpaired) electrons. The molecule has 2 aliphatic heterocycles. The van der Waals surface area contributed by atoms with Gasteiger partial charge in [-0.3, -0.25) is 14.5 Å². The zero-order valence-electron chi connectivity index (χ0n) is 11.2. The number of cyclic esters (lactones) is 1. The van der Waals surface area contributed by atoms with Crippen LogP contribution in [0.4, 0.5) is 5.69 Å². The molecule has 106 valence electrons. The van der Waals surface area contributed by atoms with Gasteiger partial charge in [-0.05, 0) is 37.4 Å². The van der Waals surface area contributed by atoms with Gasteiger partial charge in [0.15, 0.2) is 0 Å². The lowest BCUT2D eigenvalue weighted by molar-refractivity contribution is -0.155. The molecule has 2 aliphatic rings. The quantitative estimate of drug-likeness (QED) is 0.843. The molecule has 2 fully saturated rings. The monoisotopic (exact) mass is 274 g/mol. The molecule has 1 N–H and O–H groups in total. The second-order valence-electron chi connectivity index (χ2n) is 5.33. The van der Waals surface area contributed by atoms with E-state index in [2.05, 4.69) is 5.32 Å². The van der Waals surface area contributed by atoms with E-state index in [1.54, 1.807) is 0 Å². The Labute approximate surface area is 117 Å². The molecular formula is C15H18N2O3. The number of para-hydroxylation sites is 1. The van der Waals surface area contributed by atoms with Gasteiger partial charge in [-0.25, -0.2) is 0 Å². The Balaban J connectivity index is 1.60. The van der Waals surface area contributed by atoms with E-state index < -0.39 is 0 Å². The molecule has 1 aromatic carbocycles. The first kappa shape index (κ1) is 13.1. The van der Waals surface area contributed by atoms with Crippen molar-refractivity contribution < 1.29 is 14.3 Å². The Hall–Kier alpha value is -1.88. The van der Waals surface area contributed by atoms with Crippen molar-refractivity contribution in [3.05, 3.63) is 30.3 Å². The number of esters is 1. The van der Waals surface area contributed by atoms with Gasteiger partial charge in [0, 0.05) is 5.69 Å². The number of nitrogens with zero attached hydrogens (tertiary/aromatic N) is 1. The summed E-state index contributed by atoms with van der Waals surface area (Å²) >= 11 is 0. The summed E-state index contributed by atoms with van der Waals surface area (Å²) in [6.45, 7) is 1.54. The first-order valence-electron chi connectivity index (χ1n) is 6.99. The van der Waals surface area contributed by atoms with Crippen LogP contribution in [0.5, 0.6) is 0 Å². The second kappa shape index (κ2) is 5.63. The van der Waals surface area contributed by atoms with Crippen LogP contribution in [-0.2, 0) is 14.3 Å². The summed E-state index contributed by atoms with van der Waals surface area (Å²) in [5.41, 5.74) is 0.777. The number of hydrogen-bond donors (Lipinski definition) is 1. The Morgan fingerprint density at radius 3 is 2.90 bits per heavy atom. The Kier molecular flexibility index (Phi) is 3.69. The topological polar surface area (TPSA) is 58.6 Å². The minimum atomic E-state index is -0.231. The molecule has 0 aliphatic carbocycles. The van der Waals surface area contributed by atoms with Crippen LogP contribution in [0.1, 0.15) is 12.8 Å². The van der Waals surface area contributed by atoms with Gasteiger partial charge >= 0.3 is 5.97 Å². The van der Waals surface area contributed by atoms with Gasteiger partial charge in [-0.15, -0.1) is 0 Å². The summed E-state index contributed by atoms with van der Waals surface area (Å²) in [5, 5.41) is 2.85. The van der Waals surface area contributed by atoms with Crippen LogP contribution in [0.3, 0.4) is 0 Å². The highest BCUT2D eigenvalue weighted by atomic mass is 16.5. The van der Waals surface area contributed by atoms with Crippen molar-refractivity contribution in [1.82, 2.24) is 4.90 Å². The number of carbonyl (C=O) groups excluding carboxylic acids is 2. The molecule has 1 amide bonds. The highest BCUT2D eigenvalue weighted by molar-refractivity contribution is 5.92. The van der Waals surface area contributed by atoms with E-state index in [1.165, 1.54) is 0 Å². The normalized spacial score (nSPS) is 25.9. The van der Waals surface area contributed by atoms with E-state index in [4.69, 9.17) is 4.74 Å². The zero-order valence-corrected chi connectivity index (χ0v) is 11.2. The summed E-state index contributed by atoms with van der Waals surface area (Å²) in [6, 6.07) is 9.11. The lowest BCUT2D eigenvalue weighted by atomic mass is 9.95. The molecule has 0 saturated carbocycles. The number of likely N-dealkylation sites (tertiary alicyclic amines) is 1. The predicted molar refractivity (Wildman–Crippen MR) is 74.1 cm³/mol. The highest BCUT2D eigenvalue weighted by Crippen LogP contribution is 2.31. The second-order valence-corrected chi connectivity index (χ2v) is 5.33. The SMILES string of the molecule is O=C(CN1CC[C@@H]2CCOC(=O)[C@@H]21)Nc1ccccc1.